The van der Waals surface area contributed by atoms with Gasteiger partial charge in [-0.1, -0.05) is 0 Å². The summed E-state index contributed by atoms with van der Waals surface area (Å²) in [6, 6.07) is 3.95. The highest BCUT2D eigenvalue weighted by Crippen LogP contribution is 2.06. The number of nitrogens with one attached hydrogen (secondary N) is 2. The molecular formula is C12H17N3O. The Labute approximate surface area is 95.5 Å². The lowest BCUT2D eigenvalue weighted by Crippen LogP contribution is -2.33. The zero-order valence-electron chi connectivity index (χ0n) is 9.28. The van der Waals surface area contributed by atoms with Gasteiger partial charge in [-0.25, -0.2) is 0 Å². The van der Waals surface area contributed by atoms with Gasteiger partial charge in [0.1, 0.15) is 0 Å². The molecule has 1 fully saturated rings. The van der Waals surface area contributed by atoms with Crippen molar-refractivity contribution in [3.05, 3.63) is 30.1 Å². The van der Waals surface area contributed by atoms with E-state index in [4.69, 9.17) is 0 Å². The number of carbonyl (C=O) groups excluding carboxylic acids is 1. The molecule has 1 amide bonds. The zero-order chi connectivity index (χ0) is 11.2. The summed E-state index contributed by atoms with van der Waals surface area (Å²) in [5.41, 5.74) is 1.21. The first-order chi connectivity index (χ1) is 7.86. The van der Waals surface area contributed by atoms with Crippen molar-refractivity contribution in [1.82, 2.24) is 15.6 Å². The molecule has 0 bridgehead atoms. The first-order valence-corrected chi connectivity index (χ1v) is 5.73. The summed E-state index contributed by atoms with van der Waals surface area (Å²) in [6.45, 7) is 2.49. The maximum Gasteiger partial charge on any atom is 0.224 e. The summed E-state index contributed by atoms with van der Waals surface area (Å²) in [4.78, 5) is 15.6. The Morgan fingerprint density at radius 1 is 1.50 bits per heavy atom. The number of carbonyl (C=O) groups is 1. The SMILES string of the molecule is O=C(NCCc1ccncc1)C1CCNC1. The molecule has 16 heavy (non-hydrogen) atoms. The Hall–Kier alpha value is -1.42. The van der Waals surface area contributed by atoms with Crippen molar-refractivity contribution in [3.8, 4) is 0 Å². The van der Waals surface area contributed by atoms with E-state index in [1.807, 2.05) is 12.1 Å². The van der Waals surface area contributed by atoms with Crippen LogP contribution in [0.1, 0.15) is 12.0 Å². The van der Waals surface area contributed by atoms with E-state index in [9.17, 15) is 4.79 Å². The zero-order valence-corrected chi connectivity index (χ0v) is 9.28. The monoisotopic (exact) mass is 219 g/mol. The van der Waals surface area contributed by atoms with Gasteiger partial charge in [-0.3, -0.25) is 9.78 Å². The quantitative estimate of drug-likeness (QED) is 0.768. The highest BCUT2D eigenvalue weighted by Gasteiger charge is 2.21. The molecule has 2 heterocycles. The van der Waals surface area contributed by atoms with Crippen molar-refractivity contribution in [2.24, 2.45) is 5.92 Å². The molecule has 1 unspecified atom stereocenters. The second kappa shape index (κ2) is 5.61. The predicted molar refractivity (Wildman–Crippen MR) is 61.9 cm³/mol. The van der Waals surface area contributed by atoms with Crippen molar-refractivity contribution in [2.45, 2.75) is 12.8 Å². The molecule has 0 aromatic carbocycles. The average Bonchev–Trinajstić information content (AvgIpc) is 2.84. The third-order valence-electron chi connectivity index (χ3n) is 2.89. The van der Waals surface area contributed by atoms with Crippen molar-refractivity contribution in [1.29, 1.82) is 0 Å². The lowest BCUT2D eigenvalue weighted by molar-refractivity contribution is -0.124. The van der Waals surface area contributed by atoms with Crippen LogP contribution in [0.4, 0.5) is 0 Å². The van der Waals surface area contributed by atoms with E-state index in [-0.39, 0.29) is 11.8 Å². The van der Waals surface area contributed by atoms with Gasteiger partial charge >= 0.3 is 0 Å². The molecule has 0 radical (unpaired) electrons. The third kappa shape index (κ3) is 3.03. The maximum absolute atomic E-state index is 11.7. The molecule has 1 aliphatic rings. The largest absolute Gasteiger partial charge is 0.355 e. The lowest BCUT2D eigenvalue weighted by Gasteiger charge is -2.09. The number of pyridine rings is 1. The first-order valence-electron chi connectivity index (χ1n) is 5.73. The van der Waals surface area contributed by atoms with Crippen LogP contribution < -0.4 is 10.6 Å². The van der Waals surface area contributed by atoms with Gasteiger partial charge in [0.25, 0.3) is 0 Å². The number of amides is 1. The van der Waals surface area contributed by atoms with Crippen LogP contribution in [0.15, 0.2) is 24.5 Å². The molecule has 1 aromatic heterocycles. The van der Waals surface area contributed by atoms with E-state index in [0.29, 0.717) is 6.54 Å². The van der Waals surface area contributed by atoms with Crippen LogP contribution in [-0.2, 0) is 11.2 Å². The molecular weight excluding hydrogens is 202 g/mol. The topological polar surface area (TPSA) is 54.0 Å². The number of aromatic nitrogens is 1. The molecule has 4 heteroatoms. The fourth-order valence-electron chi connectivity index (χ4n) is 1.90. The van der Waals surface area contributed by atoms with Crippen LogP contribution in [0.2, 0.25) is 0 Å². The molecule has 4 nitrogen and oxygen atoms in total. The van der Waals surface area contributed by atoms with Crippen LogP contribution in [0.3, 0.4) is 0 Å². The Balaban J connectivity index is 1.70. The predicted octanol–water partition coefficient (Wildman–Crippen LogP) is 0.350. The van der Waals surface area contributed by atoms with Gasteiger partial charge in [-0.15, -0.1) is 0 Å². The van der Waals surface area contributed by atoms with E-state index < -0.39 is 0 Å². The molecule has 1 aromatic rings. The number of hydrogen-bond donors (Lipinski definition) is 2. The number of nitrogens with zero attached hydrogens (tertiary/aromatic N) is 1. The summed E-state index contributed by atoms with van der Waals surface area (Å²) in [6.07, 6.45) is 5.38. The minimum atomic E-state index is 0.164. The Bertz CT molecular complexity index is 333. The minimum absolute atomic E-state index is 0.164. The van der Waals surface area contributed by atoms with Gasteiger partial charge in [0.05, 0.1) is 5.92 Å². The van der Waals surface area contributed by atoms with E-state index in [0.717, 1.165) is 25.9 Å². The van der Waals surface area contributed by atoms with Crippen LogP contribution in [0.5, 0.6) is 0 Å². The second-order valence-electron chi connectivity index (χ2n) is 4.09. The van der Waals surface area contributed by atoms with Crippen molar-refractivity contribution < 1.29 is 4.79 Å². The average molecular weight is 219 g/mol. The molecule has 0 saturated carbocycles. The minimum Gasteiger partial charge on any atom is -0.355 e. The highest BCUT2D eigenvalue weighted by atomic mass is 16.1. The van der Waals surface area contributed by atoms with E-state index in [1.54, 1.807) is 12.4 Å². The van der Waals surface area contributed by atoms with Gasteiger partial charge in [0, 0.05) is 25.5 Å². The van der Waals surface area contributed by atoms with Crippen LogP contribution >= 0.6 is 0 Å². The van der Waals surface area contributed by atoms with Crippen molar-refractivity contribution in [3.63, 3.8) is 0 Å². The second-order valence-corrected chi connectivity index (χ2v) is 4.09. The van der Waals surface area contributed by atoms with Crippen LogP contribution in [0.25, 0.3) is 0 Å². The molecule has 0 aliphatic carbocycles. The maximum atomic E-state index is 11.7. The molecule has 2 N–H and O–H groups in total. The molecule has 1 aliphatic heterocycles. The van der Waals surface area contributed by atoms with E-state index >= 15 is 0 Å². The lowest BCUT2D eigenvalue weighted by atomic mass is 10.1. The summed E-state index contributed by atoms with van der Waals surface area (Å²) < 4.78 is 0. The number of hydrogen-bond acceptors (Lipinski definition) is 3. The summed E-state index contributed by atoms with van der Waals surface area (Å²) in [7, 11) is 0. The van der Waals surface area contributed by atoms with Crippen LogP contribution in [-0.4, -0.2) is 30.5 Å². The Morgan fingerprint density at radius 2 is 2.31 bits per heavy atom. The fraction of sp³-hybridized carbons (Fsp3) is 0.500. The standard InChI is InChI=1S/C12H17N3O/c16-12(11-4-7-14-9-11)15-8-3-10-1-5-13-6-2-10/h1-2,5-6,11,14H,3-4,7-9H2,(H,15,16). The molecule has 1 atom stereocenters. The van der Waals surface area contributed by atoms with E-state index in [1.165, 1.54) is 5.56 Å². The van der Waals surface area contributed by atoms with Gasteiger partial charge < -0.3 is 10.6 Å². The number of rotatable bonds is 4. The summed E-state index contributed by atoms with van der Waals surface area (Å²) >= 11 is 0. The highest BCUT2D eigenvalue weighted by molar-refractivity contribution is 5.79. The van der Waals surface area contributed by atoms with Gasteiger partial charge in [-0.2, -0.15) is 0 Å². The fourth-order valence-corrected chi connectivity index (χ4v) is 1.90. The van der Waals surface area contributed by atoms with Gasteiger partial charge in [0.15, 0.2) is 0 Å². The molecule has 2 rings (SSSR count). The summed E-state index contributed by atoms with van der Waals surface area (Å²) in [5, 5.41) is 6.17. The molecule has 86 valence electrons. The Kier molecular flexibility index (Phi) is 3.88. The van der Waals surface area contributed by atoms with Crippen molar-refractivity contribution >= 4 is 5.91 Å². The van der Waals surface area contributed by atoms with Crippen molar-refractivity contribution in [2.75, 3.05) is 19.6 Å². The summed E-state index contributed by atoms with van der Waals surface area (Å²) in [5.74, 6) is 0.344. The third-order valence-corrected chi connectivity index (χ3v) is 2.89. The first kappa shape index (κ1) is 11.1. The van der Waals surface area contributed by atoms with E-state index in [2.05, 4.69) is 15.6 Å². The normalized spacial score (nSPS) is 19.6. The molecule has 1 saturated heterocycles. The van der Waals surface area contributed by atoms with Gasteiger partial charge in [0.2, 0.25) is 5.91 Å². The molecule has 0 spiro atoms. The smallest absolute Gasteiger partial charge is 0.224 e. The Morgan fingerprint density at radius 3 is 3.00 bits per heavy atom. The van der Waals surface area contributed by atoms with Gasteiger partial charge in [-0.05, 0) is 37.1 Å². The van der Waals surface area contributed by atoms with Crippen LogP contribution in [0, 0.1) is 5.92 Å².